The van der Waals surface area contributed by atoms with E-state index in [4.69, 9.17) is 0 Å². The molecular formula is C18H16N2O2. The van der Waals surface area contributed by atoms with Crippen molar-refractivity contribution in [2.24, 2.45) is 0 Å². The number of ketones is 1. The summed E-state index contributed by atoms with van der Waals surface area (Å²) in [6.07, 6.45) is 5.27. The fourth-order valence-electron chi connectivity index (χ4n) is 3.68. The minimum Gasteiger partial charge on any atom is -0.324 e. The van der Waals surface area contributed by atoms with Gasteiger partial charge in [-0.3, -0.25) is 14.6 Å². The second kappa shape index (κ2) is 4.50. The van der Waals surface area contributed by atoms with Crippen LogP contribution in [-0.2, 0) is 23.1 Å². The van der Waals surface area contributed by atoms with E-state index in [-0.39, 0.29) is 11.7 Å². The molecule has 0 saturated carbocycles. The Morgan fingerprint density at radius 2 is 2.09 bits per heavy atom. The number of pyridine rings is 1. The summed E-state index contributed by atoms with van der Waals surface area (Å²) < 4.78 is 0. The molecule has 1 amide bonds. The molecule has 4 heteroatoms. The number of aromatic nitrogens is 1. The van der Waals surface area contributed by atoms with Gasteiger partial charge in [0.05, 0.1) is 17.3 Å². The number of Topliss-reactive ketones (excluding diaryl/α,β-unsaturated/α-hetero) is 1. The van der Waals surface area contributed by atoms with Crippen LogP contribution >= 0.6 is 0 Å². The molecule has 1 aliphatic carbocycles. The summed E-state index contributed by atoms with van der Waals surface area (Å²) in [7, 11) is 0. The number of amides is 1. The van der Waals surface area contributed by atoms with Gasteiger partial charge < -0.3 is 5.32 Å². The highest BCUT2D eigenvalue weighted by atomic mass is 16.2. The zero-order chi connectivity index (χ0) is 15.3. The van der Waals surface area contributed by atoms with Crippen LogP contribution in [0.3, 0.4) is 0 Å². The molecule has 1 spiro atoms. The molecule has 2 aromatic rings. The maximum atomic E-state index is 12.6. The van der Waals surface area contributed by atoms with E-state index in [1.54, 1.807) is 12.4 Å². The highest BCUT2D eigenvalue weighted by Gasteiger charge is 2.50. The minimum absolute atomic E-state index is 0.0371. The van der Waals surface area contributed by atoms with Crippen molar-refractivity contribution in [3.63, 3.8) is 0 Å². The SMILES string of the molecule is CCC(=O)c1ccc2c(c1)CC1(C2)C(=O)Nc2cnccc21. The first-order chi connectivity index (χ1) is 10.6. The Bertz CT molecular complexity index is 812. The predicted molar refractivity (Wildman–Crippen MR) is 83.0 cm³/mol. The molecule has 22 heavy (non-hydrogen) atoms. The molecular weight excluding hydrogens is 276 g/mol. The molecule has 2 aliphatic rings. The first-order valence-corrected chi connectivity index (χ1v) is 7.55. The second-order valence-corrected chi connectivity index (χ2v) is 6.07. The molecule has 0 bridgehead atoms. The third-order valence-electron chi connectivity index (χ3n) is 4.85. The van der Waals surface area contributed by atoms with Crippen molar-refractivity contribution in [1.29, 1.82) is 0 Å². The lowest BCUT2D eigenvalue weighted by Gasteiger charge is -2.20. The van der Waals surface area contributed by atoms with Crippen LogP contribution in [0.5, 0.6) is 0 Å². The molecule has 4 nitrogen and oxygen atoms in total. The Morgan fingerprint density at radius 1 is 1.27 bits per heavy atom. The van der Waals surface area contributed by atoms with Crippen LogP contribution in [0.2, 0.25) is 0 Å². The van der Waals surface area contributed by atoms with Gasteiger partial charge in [-0.15, -0.1) is 0 Å². The van der Waals surface area contributed by atoms with E-state index < -0.39 is 5.41 Å². The molecule has 1 aliphatic heterocycles. The van der Waals surface area contributed by atoms with E-state index in [1.807, 2.05) is 31.2 Å². The van der Waals surface area contributed by atoms with E-state index in [2.05, 4.69) is 10.3 Å². The molecule has 110 valence electrons. The van der Waals surface area contributed by atoms with Crippen LogP contribution in [0.4, 0.5) is 5.69 Å². The third kappa shape index (κ3) is 1.67. The summed E-state index contributed by atoms with van der Waals surface area (Å²) in [5.74, 6) is 0.180. The first kappa shape index (κ1) is 13.2. The van der Waals surface area contributed by atoms with Gasteiger partial charge >= 0.3 is 0 Å². The number of hydrogen-bond donors (Lipinski definition) is 1. The summed E-state index contributed by atoms with van der Waals surface area (Å²) in [5.41, 5.74) is 4.31. The first-order valence-electron chi connectivity index (χ1n) is 7.55. The summed E-state index contributed by atoms with van der Waals surface area (Å²) in [5, 5.41) is 2.95. The van der Waals surface area contributed by atoms with Gasteiger partial charge in [0.1, 0.15) is 0 Å². The summed E-state index contributed by atoms with van der Waals surface area (Å²) >= 11 is 0. The quantitative estimate of drug-likeness (QED) is 0.866. The maximum absolute atomic E-state index is 12.6. The molecule has 1 aromatic carbocycles. The maximum Gasteiger partial charge on any atom is 0.235 e. The Balaban J connectivity index is 1.79. The smallest absolute Gasteiger partial charge is 0.235 e. The average Bonchev–Trinajstić information content (AvgIpc) is 3.05. The van der Waals surface area contributed by atoms with E-state index in [0.717, 1.165) is 27.9 Å². The van der Waals surface area contributed by atoms with Gasteiger partial charge in [-0.25, -0.2) is 0 Å². The lowest BCUT2D eigenvalue weighted by atomic mass is 9.79. The van der Waals surface area contributed by atoms with Crippen LogP contribution in [0.25, 0.3) is 0 Å². The molecule has 0 saturated heterocycles. The van der Waals surface area contributed by atoms with Gasteiger partial charge in [0, 0.05) is 18.2 Å². The van der Waals surface area contributed by atoms with Gasteiger partial charge in [-0.05, 0) is 41.7 Å². The fourth-order valence-corrected chi connectivity index (χ4v) is 3.68. The molecule has 0 radical (unpaired) electrons. The highest BCUT2D eigenvalue weighted by molar-refractivity contribution is 6.07. The third-order valence-corrected chi connectivity index (χ3v) is 4.85. The van der Waals surface area contributed by atoms with Gasteiger partial charge in [-0.2, -0.15) is 0 Å². The van der Waals surface area contributed by atoms with Gasteiger partial charge in [0.2, 0.25) is 5.91 Å². The van der Waals surface area contributed by atoms with E-state index >= 15 is 0 Å². The summed E-state index contributed by atoms with van der Waals surface area (Å²) in [6.45, 7) is 1.87. The zero-order valence-electron chi connectivity index (χ0n) is 12.3. The molecule has 1 aromatic heterocycles. The molecule has 1 N–H and O–H groups in total. The van der Waals surface area contributed by atoms with Gasteiger partial charge in [0.25, 0.3) is 0 Å². The number of hydrogen-bond acceptors (Lipinski definition) is 3. The second-order valence-electron chi connectivity index (χ2n) is 6.07. The highest BCUT2D eigenvalue weighted by Crippen LogP contribution is 2.47. The van der Waals surface area contributed by atoms with E-state index in [1.165, 1.54) is 0 Å². The van der Waals surface area contributed by atoms with Gasteiger partial charge in [0.15, 0.2) is 5.78 Å². The number of nitrogens with zero attached hydrogens (tertiary/aromatic N) is 1. The fraction of sp³-hybridized carbons (Fsp3) is 0.278. The van der Waals surface area contributed by atoms with Crippen molar-refractivity contribution in [2.45, 2.75) is 31.6 Å². The van der Waals surface area contributed by atoms with E-state index in [9.17, 15) is 9.59 Å². The lowest BCUT2D eigenvalue weighted by Crippen LogP contribution is -2.35. The monoisotopic (exact) mass is 292 g/mol. The van der Waals surface area contributed by atoms with Crippen molar-refractivity contribution in [3.8, 4) is 0 Å². The molecule has 0 fully saturated rings. The number of benzene rings is 1. The summed E-state index contributed by atoms with van der Waals surface area (Å²) in [6, 6.07) is 7.77. The number of anilines is 1. The Morgan fingerprint density at radius 3 is 2.91 bits per heavy atom. The average molecular weight is 292 g/mol. The molecule has 4 rings (SSSR count). The van der Waals surface area contributed by atoms with Crippen molar-refractivity contribution in [3.05, 3.63) is 58.9 Å². The zero-order valence-corrected chi connectivity index (χ0v) is 12.3. The van der Waals surface area contributed by atoms with E-state index in [0.29, 0.717) is 19.3 Å². The topological polar surface area (TPSA) is 59.1 Å². The lowest BCUT2D eigenvalue weighted by molar-refractivity contribution is -0.120. The van der Waals surface area contributed by atoms with Crippen LogP contribution < -0.4 is 5.32 Å². The minimum atomic E-state index is -0.533. The van der Waals surface area contributed by atoms with Crippen LogP contribution in [0.15, 0.2) is 36.7 Å². The summed E-state index contributed by atoms with van der Waals surface area (Å²) in [4.78, 5) is 28.6. The van der Waals surface area contributed by atoms with Crippen LogP contribution in [-0.4, -0.2) is 16.7 Å². The number of nitrogens with one attached hydrogen (secondary N) is 1. The Hall–Kier alpha value is -2.49. The Labute approximate surface area is 128 Å². The van der Waals surface area contributed by atoms with Gasteiger partial charge in [-0.1, -0.05) is 19.1 Å². The largest absolute Gasteiger partial charge is 0.324 e. The number of carbonyl (C=O) groups excluding carboxylic acids is 2. The van der Waals surface area contributed by atoms with Crippen molar-refractivity contribution in [2.75, 3.05) is 5.32 Å². The molecule has 1 atom stereocenters. The number of carbonyl (C=O) groups is 2. The predicted octanol–water partition coefficient (Wildman–Crippen LogP) is 2.66. The van der Waals surface area contributed by atoms with Crippen LogP contribution in [0.1, 0.15) is 40.4 Å². The number of fused-ring (bicyclic) bond motifs is 3. The van der Waals surface area contributed by atoms with Crippen LogP contribution in [0, 0.1) is 0 Å². The standard InChI is InChI=1S/C18H16N2O2/c1-2-16(21)11-3-4-12-8-18(9-13(12)7-11)14-5-6-19-10-15(14)20-17(18)22/h3-7,10H,2,8-9H2,1H3,(H,20,22). The van der Waals surface area contributed by atoms with Crippen molar-refractivity contribution in [1.82, 2.24) is 4.98 Å². The molecule has 2 heterocycles. The molecule has 1 unspecified atom stereocenters. The normalized spacial score (nSPS) is 21.6. The van der Waals surface area contributed by atoms with Crippen molar-refractivity contribution < 1.29 is 9.59 Å². The Kier molecular flexibility index (Phi) is 2.70. The van der Waals surface area contributed by atoms with Crippen molar-refractivity contribution >= 4 is 17.4 Å². The number of rotatable bonds is 2.